The molecule has 0 radical (unpaired) electrons. The maximum atomic E-state index is 12.5. The minimum atomic E-state index is -0.883. The Kier molecular flexibility index (Phi) is 18.1. The Bertz CT molecular complexity index is 416. The minimum Gasteiger partial charge on any atom is -0.481 e. The van der Waals surface area contributed by atoms with Crippen molar-refractivity contribution in [2.45, 2.75) is 111 Å². The first-order valence-electron chi connectivity index (χ1n) is 11.7. The summed E-state index contributed by atoms with van der Waals surface area (Å²) in [6.07, 6.45) is 20.2. The molecule has 0 aromatic rings. The van der Waals surface area contributed by atoms with E-state index in [1.807, 2.05) is 13.8 Å². The number of rotatable bonds is 19. The van der Waals surface area contributed by atoms with Gasteiger partial charge in [0.25, 0.3) is 0 Å². The summed E-state index contributed by atoms with van der Waals surface area (Å²) in [4.78, 5) is 25.3. The number of carbonyl (C=O) groups is 2. The van der Waals surface area contributed by atoms with Gasteiger partial charge in [-0.25, -0.2) is 0 Å². The molecule has 1 amide bonds. The third-order valence-electron chi connectivity index (χ3n) is 5.41. The molecule has 1 N–H and O–H groups in total. The van der Waals surface area contributed by atoms with Crippen LogP contribution in [0.15, 0.2) is 12.2 Å². The molecule has 0 fully saturated rings. The van der Waals surface area contributed by atoms with Crippen molar-refractivity contribution in [2.75, 3.05) is 13.1 Å². The second-order valence-corrected chi connectivity index (χ2v) is 7.82. The fourth-order valence-corrected chi connectivity index (χ4v) is 3.61. The van der Waals surface area contributed by atoms with Crippen LogP contribution in [0.5, 0.6) is 0 Å². The Morgan fingerprint density at radius 2 is 1.29 bits per heavy atom. The van der Waals surface area contributed by atoms with Crippen molar-refractivity contribution >= 4 is 11.9 Å². The van der Waals surface area contributed by atoms with E-state index in [1.165, 1.54) is 57.8 Å². The summed E-state index contributed by atoms with van der Waals surface area (Å²) in [5.74, 6) is -1.28. The van der Waals surface area contributed by atoms with Crippen LogP contribution in [0.1, 0.15) is 111 Å². The highest BCUT2D eigenvalue weighted by atomic mass is 16.4. The van der Waals surface area contributed by atoms with Crippen molar-refractivity contribution in [2.24, 2.45) is 5.92 Å². The molecule has 0 saturated carbocycles. The van der Waals surface area contributed by atoms with Gasteiger partial charge in [0.2, 0.25) is 5.91 Å². The molecule has 0 rings (SSSR count). The summed E-state index contributed by atoms with van der Waals surface area (Å²) in [5.41, 5.74) is 0. The largest absolute Gasteiger partial charge is 0.481 e. The van der Waals surface area contributed by atoms with Crippen LogP contribution in [-0.2, 0) is 9.59 Å². The van der Waals surface area contributed by atoms with Gasteiger partial charge in [0.1, 0.15) is 0 Å². The number of unbranched alkanes of at least 4 members (excludes halogenated alkanes) is 10. The second kappa shape index (κ2) is 19.0. The quantitative estimate of drug-likeness (QED) is 0.198. The Balaban J connectivity index is 3.83. The number of hydrogen-bond acceptors (Lipinski definition) is 2. The highest BCUT2D eigenvalue weighted by Crippen LogP contribution is 2.17. The summed E-state index contributed by atoms with van der Waals surface area (Å²) in [7, 11) is 0. The number of carbonyl (C=O) groups excluding carboxylic acids is 1. The number of allylic oxidation sites excluding steroid dienone is 2. The van der Waals surface area contributed by atoms with Gasteiger partial charge in [0, 0.05) is 19.0 Å². The smallest absolute Gasteiger partial charge is 0.304 e. The van der Waals surface area contributed by atoms with Crippen molar-refractivity contribution in [3.05, 3.63) is 12.2 Å². The second-order valence-electron chi connectivity index (χ2n) is 7.82. The van der Waals surface area contributed by atoms with E-state index in [-0.39, 0.29) is 18.2 Å². The SMILES string of the molecule is CCCCCCCCCCC/C=C/CCCC(CC(=O)O)C(=O)N(CC)CC. The first kappa shape index (κ1) is 26.7. The number of amides is 1. The number of aliphatic carboxylic acids is 1. The first-order chi connectivity index (χ1) is 13.6. The molecule has 0 spiro atoms. The zero-order chi connectivity index (χ0) is 21.0. The molecule has 0 heterocycles. The minimum absolute atomic E-state index is 0.00827. The lowest BCUT2D eigenvalue weighted by Crippen LogP contribution is -2.36. The molecule has 0 aromatic carbocycles. The van der Waals surface area contributed by atoms with E-state index in [0.29, 0.717) is 19.5 Å². The normalized spacial score (nSPS) is 12.4. The maximum absolute atomic E-state index is 12.5. The van der Waals surface area contributed by atoms with Gasteiger partial charge in [0.15, 0.2) is 0 Å². The van der Waals surface area contributed by atoms with Crippen molar-refractivity contribution < 1.29 is 14.7 Å². The predicted molar refractivity (Wildman–Crippen MR) is 119 cm³/mol. The van der Waals surface area contributed by atoms with Crippen LogP contribution in [0, 0.1) is 5.92 Å². The molecular weight excluding hydrogens is 350 g/mol. The van der Waals surface area contributed by atoms with Gasteiger partial charge >= 0.3 is 5.97 Å². The predicted octanol–water partition coefficient (Wildman–Crippen LogP) is 6.59. The van der Waals surface area contributed by atoms with E-state index in [4.69, 9.17) is 5.11 Å². The summed E-state index contributed by atoms with van der Waals surface area (Å²) >= 11 is 0. The monoisotopic (exact) mass is 395 g/mol. The third-order valence-corrected chi connectivity index (χ3v) is 5.41. The number of nitrogens with zero attached hydrogens (tertiary/aromatic N) is 1. The van der Waals surface area contributed by atoms with Crippen molar-refractivity contribution in [3.63, 3.8) is 0 Å². The Morgan fingerprint density at radius 1 is 0.786 bits per heavy atom. The summed E-state index contributed by atoms with van der Waals surface area (Å²) in [6.45, 7) is 7.42. The van der Waals surface area contributed by atoms with E-state index < -0.39 is 5.97 Å². The number of hydrogen-bond donors (Lipinski definition) is 1. The van der Waals surface area contributed by atoms with Gasteiger partial charge in [-0.15, -0.1) is 0 Å². The summed E-state index contributed by atoms with van der Waals surface area (Å²) < 4.78 is 0. The van der Waals surface area contributed by atoms with Crippen molar-refractivity contribution in [1.29, 1.82) is 0 Å². The molecule has 0 bridgehead atoms. The molecule has 164 valence electrons. The van der Waals surface area contributed by atoms with Gasteiger partial charge in [-0.05, 0) is 46.0 Å². The molecule has 1 unspecified atom stereocenters. The highest BCUT2D eigenvalue weighted by Gasteiger charge is 2.24. The number of carboxylic acids is 1. The van der Waals surface area contributed by atoms with Crippen LogP contribution in [0.3, 0.4) is 0 Å². The zero-order valence-electron chi connectivity index (χ0n) is 18.8. The topological polar surface area (TPSA) is 57.6 Å². The molecule has 0 aromatic heterocycles. The molecule has 0 saturated heterocycles. The molecule has 1 atom stereocenters. The van der Waals surface area contributed by atoms with Gasteiger partial charge in [-0.3, -0.25) is 9.59 Å². The van der Waals surface area contributed by atoms with Crippen LogP contribution < -0.4 is 0 Å². The van der Waals surface area contributed by atoms with Crippen molar-refractivity contribution in [3.8, 4) is 0 Å². The average Bonchev–Trinajstić information content (AvgIpc) is 2.67. The van der Waals surface area contributed by atoms with Crippen LogP contribution in [0.2, 0.25) is 0 Å². The van der Waals surface area contributed by atoms with Crippen LogP contribution in [0.4, 0.5) is 0 Å². The zero-order valence-corrected chi connectivity index (χ0v) is 18.8. The fourth-order valence-electron chi connectivity index (χ4n) is 3.61. The fraction of sp³-hybridized carbons (Fsp3) is 0.833. The highest BCUT2D eigenvalue weighted by molar-refractivity contribution is 5.83. The molecule has 4 nitrogen and oxygen atoms in total. The summed E-state index contributed by atoms with van der Waals surface area (Å²) in [6, 6.07) is 0. The third kappa shape index (κ3) is 14.7. The lowest BCUT2D eigenvalue weighted by Gasteiger charge is -2.24. The van der Waals surface area contributed by atoms with E-state index in [9.17, 15) is 9.59 Å². The van der Waals surface area contributed by atoms with Crippen LogP contribution in [0.25, 0.3) is 0 Å². The van der Waals surface area contributed by atoms with Crippen LogP contribution >= 0.6 is 0 Å². The van der Waals surface area contributed by atoms with E-state index in [2.05, 4.69) is 19.1 Å². The molecule has 0 aliphatic heterocycles. The van der Waals surface area contributed by atoms with Gasteiger partial charge in [0.05, 0.1) is 6.42 Å². The molecule has 28 heavy (non-hydrogen) atoms. The molecule has 4 heteroatoms. The Labute approximate surface area is 173 Å². The van der Waals surface area contributed by atoms with Crippen molar-refractivity contribution in [1.82, 2.24) is 4.90 Å². The van der Waals surface area contributed by atoms with Gasteiger partial charge in [-0.1, -0.05) is 70.4 Å². The van der Waals surface area contributed by atoms with Gasteiger partial charge in [-0.2, -0.15) is 0 Å². The lowest BCUT2D eigenvalue weighted by molar-refractivity contribution is -0.144. The average molecular weight is 396 g/mol. The van der Waals surface area contributed by atoms with E-state index in [1.54, 1.807) is 4.90 Å². The lowest BCUT2D eigenvalue weighted by atomic mass is 9.96. The van der Waals surface area contributed by atoms with Gasteiger partial charge < -0.3 is 10.0 Å². The first-order valence-corrected chi connectivity index (χ1v) is 11.7. The number of carboxylic acid groups (broad SMARTS) is 1. The van der Waals surface area contributed by atoms with E-state index >= 15 is 0 Å². The Hall–Kier alpha value is -1.32. The molecule has 0 aliphatic carbocycles. The van der Waals surface area contributed by atoms with Crippen LogP contribution in [-0.4, -0.2) is 35.0 Å². The van der Waals surface area contributed by atoms with E-state index in [0.717, 1.165) is 19.3 Å². The summed E-state index contributed by atoms with van der Waals surface area (Å²) in [5, 5.41) is 9.09. The molecule has 0 aliphatic rings. The Morgan fingerprint density at radius 3 is 1.79 bits per heavy atom. The maximum Gasteiger partial charge on any atom is 0.304 e. The standard InChI is InChI=1S/C24H45NO3/c1-4-7-8-9-10-11-12-13-14-15-16-17-18-19-20-22(21-23(26)27)24(28)25(5-2)6-3/h16-17,22H,4-15,18-21H2,1-3H3,(H,26,27)/b17-16+. The molecular formula is C24H45NO3.